The summed E-state index contributed by atoms with van der Waals surface area (Å²) in [7, 11) is 1.85. The summed E-state index contributed by atoms with van der Waals surface area (Å²) in [4.78, 5) is 26.6. The number of rotatable bonds is 8. The number of carbonyl (C=O) groups is 1. The lowest BCUT2D eigenvalue weighted by atomic mass is 10.0. The number of aromatic nitrogens is 5. The largest absolute Gasteiger partial charge is 0.373 e. The normalized spacial score (nSPS) is 14.4. The zero-order valence-corrected chi connectivity index (χ0v) is 18.9. The molecule has 1 aliphatic carbocycles. The lowest BCUT2D eigenvalue weighted by molar-refractivity contribution is 0.0938. The molecule has 3 N–H and O–H groups in total. The highest BCUT2D eigenvalue weighted by Crippen LogP contribution is 2.39. The summed E-state index contributed by atoms with van der Waals surface area (Å²) in [5, 5.41) is 11.6. The molecule has 3 aromatic heterocycles. The molecule has 0 unspecified atom stereocenters. The molecular formula is C23H25N7OS. The molecule has 0 radical (unpaired) electrons. The van der Waals surface area contributed by atoms with Crippen LogP contribution in [0.15, 0.2) is 36.5 Å². The number of para-hydroxylation sites is 1. The van der Waals surface area contributed by atoms with E-state index in [-0.39, 0.29) is 11.9 Å². The minimum atomic E-state index is -0.318. The fraction of sp³-hybridized carbons (Fsp3) is 0.348. The molecule has 164 valence electrons. The van der Waals surface area contributed by atoms with Gasteiger partial charge in [-0.2, -0.15) is 0 Å². The number of carbonyl (C=O) groups excluding carboxylic acids is 1. The zero-order valence-electron chi connectivity index (χ0n) is 18.1. The van der Waals surface area contributed by atoms with E-state index in [2.05, 4.69) is 42.3 Å². The van der Waals surface area contributed by atoms with Gasteiger partial charge in [0.25, 0.3) is 5.91 Å². The van der Waals surface area contributed by atoms with Gasteiger partial charge < -0.3 is 15.6 Å². The summed E-state index contributed by atoms with van der Waals surface area (Å²) in [5.74, 6) is 1.85. The Hall–Kier alpha value is -3.33. The average molecular weight is 448 g/mol. The highest BCUT2D eigenvalue weighted by molar-refractivity contribution is 7.08. The standard InChI is InChI=1S/C23H25N7OS/c1-3-16-21(32-30-29-16)23(31)27-18(10-14-12-25-17-7-5-4-6-15(14)17)19-11-20(24-2)28-22(26-19)13-8-9-13/h4-7,11-13,18,25H,3,8-10H2,1-2H3,(H,27,31)(H,24,26,28)/t18-/m1/s1. The summed E-state index contributed by atoms with van der Waals surface area (Å²) in [6.45, 7) is 1.97. The van der Waals surface area contributed by atoms with E-state index in [4.69, 9.17) is 4.98 Å². The number of hydrogen-bond acceptors (Lipinski definition) is 7. The van der Waals surface area contributed by atoms with Gasteiger partial charge in [-0.3, -0.25) is 4.79 Å². The second-order valence-electron chi connectivity index (χ2n) is 8.05. The molecule has 1 amide bonds. The minimum absolute atomic E-state index is 0.167. The van der Waals surface area contributed by atoms with Gasteiger partial charge in [0.1, 0.15) is 16.5 Å². The van der Waals surface area contributed by atoms with E-state index in [1.165, 1.54) is 0 Å². The first-order valence-electron chi connectivity index (χ1n) is 10.9. The van der Waals surface area contributed by atoms with Crippen LogP contribution in [-0.4, -0.2) is 37.5 Å². The first-order valence-corrected chi connectivity index (χ1v) is 11.7. The second-order valence-corrected chi connectivity index (χ2v) is 8.81. The molecule has 5 rings (SSSR count). The predicted molar refractivity (Wildman–Crippen MR) is 125 cm³/mol. The fourth-order valence-corrected chi connectivity index (χ4v) is 4.56. The molecule has 4 aromatic rings. The molecule has 1 atom stereocenters. The summed E-state index contributed by atoms with van der Waals surface area (Å²) in [5.41, 5.74) is 3.72. The van der Waals surface area contributed by atoms with Gasteiger partial charge >= 0.3 is 0 Å². The van der Waals surface area contributed by atoms with Crippen molar-refractivity contribution in [3.63, 3.8) is 0 Å². The number of H-pyrrole nitrogens is 1. The minimum Gasteiger partial charge on any atom is -0.373 e. The fourth-order valence-electron chi connectivity index (χ4n) is 3.90. The molecule has 8 nitrogen and oxygen atoms in total. The summed E-state index contributed by atoms with van der Waals surface area (Å²) in [6, 6.07) is 9.79. The van der Waals surface area contributed by atoms with Crippen LogP contribution in [0.4, 0.5) is 5.82 Å². The summed E-state index contributed by atoms with van der Waals surface area (Å²) in [6.07, 6.45) is 5.50. The van der Waals surface area contributed by atoms with Crippen LogP contribution in [0.1, 0.15) is 64.2 Å². The van der Waals surface area contributed by atoms with Crippen LogP contribution in [0.2, 0.25) is 0 Å². The topological polar surface area (TPSA) is 108 Å². The Morgan fingerprint density at radius 2 is 2.12 bits per heavy atom. The number of nitrogens with zero attached hydrogens (tertiary/aromatic N) is 4. The van der Waals surface area contributed by atoms with Crippen molar-refractivity contribution >= 4 is 34.2 Å². The first-order chi connectivity index (χ1) is 15.7. The number of aromatic amines is 1. The van der Waals surface area contributed by atoms with E-state index in [9.17, 15) is 4.79 Å². The summed E-state index contributed by atoms with van der Waals surface area (Å²) >= 11 is 1.13. The van der Waals surface area contributed by atoms with Crippen LogP contribution in [0.3, 0.4) is 0 Å². The zero-order chi connectivity index (χ0) is 22.1. The average Bonchev–Trinajstić information content (AvgIpc) is 3.43. The van der Waals surface area contributed by atoms with Crippen molar-refractivity contribution in [2.75, 3.05) is 12.4 Å². The smallest absolute Gasteiger partial charge is 0.265 e. The summed E-state index contributed by atoms with van der Waals surface area (Å²) < 4.78 is 3.97. The van der Waals surface area contributed by atoms with Crippen molar-refractivity contribution in [3.05, 3.63) is 64.2 Å². The van der Waals surface area contributed by atoms with Crippen molar-refractivity contribution in [1.82, 2.24) is 29.9 Å². The van der Waals surface area contributed by atoms with Crippen molar-refractivity contribution in [2.24, 2.45) is 0 Å². The van der Waals surface area contributed by atoms with Gasteiger partial charge in [0.2, 0.25) is 0 Å². The van der Waals surface area contributed by atoms with Gasteiger partial charge in [0.05, 0.1) is 17.4 Å². The van der Waals surface area contributed by atoms with E-state index in [1.54, 1.807) is 0 Å². The molecule has 0 bridgehead atoms. The molecule has 0 spiro atoms. The highest BCUT2D eigenvalue weighted by Gasteiger charge is 2.29. The SMILES string of the molecule is CCc1nnsc1C(=O)N[C@H](Cc1c[nH]c2ccccc12)c1cc(NC)nc(C2CC2)n1. The molecule has 0 aliphatic heterocycles. The van der Waals surface area contributed by atoms with Crippen LogP contribution in [0.25, 0.3) is 10.9 Å². The van der Waals surface area contributed by atoms with Crippen LogP contribution in [0, 0.1) is 0 Å². The Morgan fingerprint density at radius 3 is 2.91 bits per heavy atom. The molecule has 1 saturated carbocycles. The molecule has 9 heteroatoms. The highest BCUT2D eigenvalue weighted by atomic mass is 32.1. The van der Waals surface area contributed by atoms with Gasteiger partial charge in [0.15, 0.2) is 0 Å². The van der Waals surface area contributed by atoms with Crippen molar-refractivity contribution < 1.29 is 4.79 Å². The molecule has 3 heterocycles. The Labute approximate surface area is 190 Å². The Kier molecular flexibility index (Phi) is 5.57. The van der Waals surface area contributed by atoms with E-state index in [0.29, 0.717) is 23.6 Å². The second kappa shape index (κ2) is 8.66. The molecule has 32 heavy (non-hydrogen) atoms. The quantitative estimate of drug-likeness (QED) is 0.377. The van der Waals surface area contributed by atoms with Gasteiger partial charge in [-0.1, -0.05) is 29.6 Å². The predicted octanol–water partition coefficient (Wildman–Crippen LogP) is 4.00. The molecule has 1 fully saturated rings. The number of anilines is 1. The van der Waals surface area contributed by atoms with Gasteiger partial charge in [0, 0.05) is 42.6 Å². The van der Waals surface area contributed by atoms with E-state index in [1.807, 2.05) is 38.4 Å². The maximum absolute atomic E-state index is 13.2. The third kappa shape index (κ3) is 4.08. The maximum atomic E-state index is 13.2. The van der Waals surface area contributed by atoms with Crippen LogP contribution < -0.4 is 10.6 Å². The van der Waals surface area contributed by atoms with Gasteiger partial charge in [-0.05, 0) is 42.4 Å². The van der Waals surface area contributed by atoms with E-state index < -0.39 is 0 Å². The van der Waals surface area contributed by atoms with Gasteiger partial charge in [-0.15, -0.1) is 5.10 Å². The van der Waals surface area contributed by atoms with Crippen LogP contribution in [-0.2, 0) is 12.8 Å². The van der Waals surface area contributed by atoms with Crippen LogP contribution in [0.5, 0.6) is 0 Å². The van der Waals surface area contributed by atoms with E-state index >= 15 is 0 Å². The number of nitrogens with one attached hydrogen (secondary N) is 3. The molecule has 1 aromatic carbocycles. The van der Waals surface area contributed by atoms with Crippen molar-refractivity contribution in [1.29, 1.82) is 0 Å². The third-order valence-corrected chi connectivity index (χ3v) is 6.59. The number of fused-ring (bicyclic) bond motifs is 1. The monoisotopic (exact) mass is 447 g/mol. The van der Waals surface area contributed by atoms with Gasteiger partial charge in [-0.25, -0.2) is 9.97 Å². The Bertz CT molecular complexity index is 1260. The lowest BCUT2D eigenvalue weighted by Gasteiger charge is -2.19. The van der Waals surface area contributed by atoms with Crippen LogP contribution >= 0.6 is 11.5 Å². The van der Waals surface area contributed by atoms with Crippen molar-refractivity contribution in [2.45, 2.75) is 44.6 Å². The molecule has 1 aliphatic rings. The van der Waals surface area contributed by atoms with Crippen molar-refractivity contribution in [3.8, 4) is 0 Å². The molecule has 0 saturated heterocycles. The number of amides is 1. The number of benzene rings is 1. The molecular weight excluding hydrogens is 422 g/mol. The number of hydrogen-bond donors (Lipinski definition) is 3. The first kappa shape index (κ1) is 20.6. The Balaban J connectivity index is 1.52. The number of aryl methyl sites for hydroxylation is 1. The Morgan fingerprint density at radius 1 is 1.28 bits per heavy atom. The lowest BCUT2D eigenvalue weighted by Crippen LogP contribution is -2.31. The maximum Gasteiger partial charge on any atom is 0.265 e. The third-order valence-electron chi connectivity index (χ3n) is 5.82. The van der Waals surface area contributed by atoms with E-state index in [0.717, 1.165) is 63.9 Å².